The van der Waals surface area contributed by atoms with Gasteiger partial charge in [-0.2, -0.15) is 5.10 Å². The largest absolute Gasteiger partial charge is 0.484 e. The average molecular weight is 398 g/mol. The number of rotatable bonds is 5. The minimum Gasteiger partial charge on any atom is -0.484 e. The molecule has 2 amide bonds. The summed E-state index contributed by atoms with van der Waals surface area (Å²) >= 11 is 0. The highest BCUT2D eigenvalue weighted by atomic mass is 16.5. The summed E-state index contributed by atoms with van der Waals surface area (Å²) in [7, 11) is 0. The van der Waals surface area contributed by atoms with Gasteiger partial charge >= 0.3 is 0 Å². The van der Waals surface area contributed by atoms with Crippen LogP contribution in [0.3, 0.4) is 0 Å². The molecule has 1 fully saturated rings. The number of nitrogens with zero attached hydrogens (tertiary/aromatic N) is 3. The number of para-hydroxylation sites is 1. The number of fused-ring (bicyclic) bond motifs is 1. The minimum atomic E-state index is -0.521. The molecule has 29 heavy (non-hydrogen) atoms. The van der Waals surface area contributed by atoms with E-state index in [2.05, 4.69) is 10.4 Å². The summed E-state index contributed by atoms with van der Waals surface area (Å²) < 4.78 is 13.7. The van der Waals surface area contributed by atoms with Crippen LogP contribution in [0.5, 0.6) is 5.75 Å². The van der Waals surface area contributed by atoms with E-state index < -0.39 is 5.60 Å². The minimum absolute atomic E-state index is 0.00275. The Hall–Kier alpha value is -2.87. The SMILES string of the molecule is Cc1ccnn1CCNC(=O)CN1CC2(CCOCC2)Oc2ccccc2C1=O. The van der Waals surface area contributed by atoms with E-state index in [9.17, 15) is 9.59 Å². The van der Waals surface area contributed by atoms with Gasteiger partial charge in [-0.25, -0.2) is 0 Å². The third-order valence-electron chi connectivity index (χ3n) is 5.52. The maximum absolute atomic E-state index is 13.1. The fraction of sp³-hybridized carbons (Fsp3) is 0.476. The summed E-state index contributed by atoms with van der Waals surface area (Å²) in [6.07, 6.45) is 3.11. The first-order valence-corrected chi connectivity index (χ1v) is 9.97. The van der Waals surface area contributed by atoms with E-state index in [1.807, 2.05) is 35.9 Å². The summed E-state index contributed by atoms with van der Waals surface area (Å²) in [5.41, 5.74) is 1.01. The zero-order valence-electron chi connectivity index (χ0n) is 16.6. The molecular weight excluding hydrogens is 372 g/mol. The average Bonchev–Trinajstić information content (AvgIpc) is 3.08. The molecule has 1 spiro atoms. The van der Waals surface area contributed by atoms with E-state index in [1.165, 1.54) is 0 Å². The van der Waals surface area contributed by atoms with Crippen LogP contribution in [0.25, 0.3) is 0 Å². The first-order chi connectivity index (χ1) is 14.1. The van der Waals surface area contributed by atoms with E-state index in [0.29, 0.717) is 57.0 Å². The number of nitrogens with one attached hydrogen (secondary N) is 1. The highest BCUT2D eigenvalue weighted by Crippen LogP contribution is 2.34. The zero-order chi connectivity index (χ0) is 20.3. The molecule has 4 rings (SSSR count). The van der Waals surface area contributed by atoms with Gasteiger partial charge in [-0.3, -0.25) is 14.3 Å². The first-order valence-electron chi connectivity index (χ1n) is 9.97. The predicted molar refractivity (Wildman–Crippen MR) is 106 cm³/mol. The monoisotopic (exact) mass is 398 g/mol. The maximum Gasteiger partial charge on any atom is 0.258 e. The van der Waals surface area contributed by atoms with Gasteiger partial charge in [0.2, 0.25) is 5.91 Å². The molecule has 154 valence electrons. The molecular formula is C21H26N4O4. The molecule has 0 unspecified atom stereocenters. The van der Waals surface area contributed by atoms with Gasteiger partial charge in [0, 0.05) is 31.3 Å². The smallest absolute Gasteiger partial charge is 0.258 e. The molecule has 0 atom stereocenters. The Kier molecular flexibility index (Phi) is 5.53. The Labute approximate surface area is 169 Å². The molecule has 1 N–H and O–H groups in total. The van der Waals surface area contributed by atoms with Crippen LogP contribution in [0.15, 0.2) is 36.5 Å². The summed E-state index contributed by atoms with van der Waals surface area (Å²) in [4.78, 5) is 27.3. The van der Waals surface area contributed by atoms with Crippen molar-refractivity contribution in [3.8, 4) is 5.75 Å². The van der Waals surface area contributed by atoms with Crippen molar-refractivity contribution in [3.05, 3.63) is 47.8 Å². The van der Waals surface area contributed by atoms with E-state index >= 15 is 0 Å². The van der Waals surface area contributed by atoms with Crippen LogP contribution in [0, 0.1) is 6.92 Å². The normalized spacial score (nSPS) is 18.1. The third kappa shape index (κ3) is 4.27. The molecule has 0 aliphatic carbocycles. The molecule has 8 nitrogen and oxygen atoms in total. The van der Waals surface area contributed by atoms with Crippen molar-refractivity contribution in [1.82, 2.24) is 20.0 Å². The first kappa shape index (κ1) is 19.4. The lowest BCUT2D eigenvalue weighted by molar-refractivity contribution is -0.122. The predicted octanol–water partition coefficient (Wildman–Crippen LogP) is 1.39. The summed E-state index contributed by atoms with van der Waals surface area (Å²) in [6.45, 7) is 4.54. The number of amides is 2. The van der Waals surface area contributed by atoms with Gasteiger partial charge in [0.1, 0.15) is 11.4 Å². The van der Waals surface area contributed by atoms with Gasteiger partial charge in [0.25, 0.3) is 5.91 Å². The lowest BCUT2D eigenvalue weighted by Crippen LogP contribution is -2.52. The second-order valence-corrected chi connectivity index (χ2v) is 7.60. The molecule has 1 aromatic heterocycles. The van der Waals surface area contributed by atoms with Gasteiger partial charge in [0.05, 0.1) is 38.4 Å². The van der Waals surface area contributed by atoms with Crippen LogP contribution in [-0.2, 0) is 16.1 Å². The number of carbonyl (C=O) groups is 2. The van der Waals surface area contributed by atoms with Crippen LogP contribution in [-0.4, -0.2) is 64.9 Å². The highest BCUT2D eigenvalue weighted by molar-refractivity contribution is 5.99. The van der Waals surface area contributed by atoms with Crippen molar-refractivity contribution < 1.29 is 19.1 Å². The van der Waals surface area contributed by atoms with Gasteiger partial charge in [-0.05, 0) is 25.1 Å². The van der Waals surface area contributed by atoms with Crippen LogP contribution in [0.1, 0.15) is 28.9 Å². The van der Waals surface area contributed by atoms with Crippen molar-refractivity contribution in [2.24, 2.45) is 0 Å². The van der Waals surface area contributed by atoms with Crippen LogP contribution in [0.4, 0.5) is 0 Å². The molecule has 1 aromatic carbocycles. The number of benzene rings is 1. The zero-order valence-corrected chi connectivity index (χ0v) is 16.6. The Balaban J connectivity index is 1.45. The van der Waals surface area contributed by atoms with Crippen molar-refractivity contribution >= 4 is 11.8 Å². The van der Waals surface area contributed by atoms with E-state index in [4.69, 9.17) is 9.47 Å². The fourth-order valence-corrected chi connectivity index (χ4v) is 3.88. The van der Waals surface area contributed by atoms with Gasteiger partial charge < -0.3 is 19.7 Å². The Morgan fingerprint density at radius 2 is 2.03 bits per heavy atom. The van der Waals surface area contributed by atoms with E-state index in [0.717, 1.165) is 5.69 Å². The van der Waals surface area contributed by atoms with Crippen LogP contribution >= 0.6 is 0 Å². The third-order valence-corrected chi connectivity index (χ3v) is 5.52. The van der Waals surface area contributed by atoms with E-state index in [1.54, 1.807) is 17.2 Å². The molecule has 0 radical (unpaired) electrons. The lowest BCUT2D eigenvalue weighted by Gasteiger charge is -2.38. The summed E-state index contributed by atoms with van der Waals surface area (Å²) in [6, 6.07) is 9.16. The molecule has 2 aromatic rings. The lowest BCUT2D eigenvalue weighted by atomic mass is 9.93. The second-order valence-electron chi connectivity index (χ2n) is 7.60. The fourth-order valence-electron chi connectivity index (χ4n) is 3.88. The Morgan fingerprint density at radius 3 is 2.79 bits per heavy atom. The number of aromatic nitrogens is 2. The van der Waals surface area contributed by atoms with Crippen LogP contribution in [0.2, 0.25) is 0 Å². The topological polar surface area (TPSA) is 85.7 Å². The molecule has 0 saturated carbocycles. The molecule has 1 saturated heterocycles. The second kappa shape index (κ2) is 8.24. The van der Waals surface area contributed by atoms with Gasteiger partial charge in [0.15, 0.2) is 0 Å². The summed E-state index contributed by atoms with van der Waals surface area (Å²) in [5, 5.41) is 7.10. The van der Waals surface area contributed by atoms with E-state index in [-0.39, 0.29) is 18.4 Å². The molecule has 2 aliphatic heterocycles. The molecule has 0 bridgehead atoms. The number of hydrogen-bond acceptors (Lipinski definition) is 5. The van der Waals surface area contributed by atoms with Crippen molar-refractivity contribution in [2.45, 2.75) is 31.9 Å². The Morgan fingerprint density at radius 1 is 1.24 bits per heavy atom. The van der Waals surface area contributed by atoms with Crippen molar-refractivity contribution in [3.63, 3.8) is 0 Å². The standard InChI is InChI=1S/C21H26N4O4/c1-16-6-9-23-25(16)11-10-22-19(26)14-24-15-21(7-12-28-13-8-21)29-18-5-3-2-4-17(18)20(24)27/h2-6,9H,7-8,10-15H2,1H3,(H,22,26). The Bertz CT molecular complexity index is 888. The number of carbonyl (C=O) groups excluding carboxylic acids is 2. The van der Waals surface area contributed by atoms with Crippen molar-refractivity contribution in [1.29, 1.82) is 0 Å². The molecule has 3 heterocycles. The number of hydrogen-bond donors (Lipinski definition) is 1. The quantitative estimate of drug-likeness (QED) is 0.823. The maximum atomic E-state index is 13.1. The molecule has 2 aliphatic rings. The van der Waals surface area contributed by atoms with Gasteiger partial charge in [-0.15, -0.1) is 0 Å². The molecule has 8 heteroatoms. The number of ether oxygens (including phenoxy) is 2. The highest BCUT2D eigenvalue weighted by Gasteiger charge is 2.42. The summed E-state index contributed by atoms with van der Waals surface area (Å²) in [5.74, 6) is 0.211. The van der Waals surface area contributed by atoms with Crippen molar-refractivity contribution in [2.75, 3.05) is 32.8 Å². The van der Waals surface area contributed by atoms with Gasteiger partial charge in [-0.1, -0.05) is 12.1 Å². The van der Waals surface area contributed by atoms with Crippen LogP contribution < -0.4 is 10.1 Å². The number of aryl methyl sites for hydroxylation is 1.